The van der Waals surface area contributed by atoms with Crippen LogP contribution in [0.15, 0.2) is 6.07 Å². The molecule has 0 radical (unpaired) electrons. The molecule has 1 rings (SSSR count). The van der Waals surface area contributed by atoms with Gasteiger partial charge in [-0.05, 0) is 34.2 Å². The van der Waals surface area contributed by atoms with E-state index in [4.69, 9.17) is 18.9 Å². The summed E-state index contributed by atoms with van der Waals surface area (Å²) in [6.45, 7) is 0.677. The quantitative estimate of drug-likeness (QED) is 0.348. The first-order valence-corrected chi connectivity index (χ1v) is 7.74. The van der Waals surface area contributed by atoms with Crippen molar-refractivity contribution in [3.05, 3.63) is 20.8 Å². The first kappa shape index (κ1) is 19.5. The Morgan fingerprint density at radius 2 is 1.74 bits per heavy atom. The van der Waals surface area contributed by atoms with Gasteiger partial charge in [0.05, 0.1) is 37.9 Å². The van der Waals surface area contributed by atoms with E-state index in [-0.39, 0.29) is 17.7 Å². The SMILES string of the molecule is COCCOc1c(I)cc(CC(=O)OC)c(C(=O)OC)c1OC. The minimum Gasteiger partial charge on any atom is -0.492 e. The Morgan fingerprint density at radius 1 is 1.04 bits per heavy atom. The molecule has 0 atom stereocenters. The fourth-order valence-electron chi connectivity index (χ4n) is 1.91. The van der Waals surface area contributed by atoms with Crippen molar-refractivity contribution in [1.29, 1.82) is 0 Å². The smallest absolute Gasteiger partial charge is 0.342 e. The molecule has 0 fully saturated rings. The number of carbonyl (C=O) groups is 2. The highest BCUT2D eigenvalue weighted by molar-refractivity contribution is 14.1. The van der Waals surface area contributed by atoms with Gasteiger partial charge in [-0.25, -0.2) is 4.79 Å². The highest BCUT2D eigenvalue weighted by Gasteiger charge is 2.26. The molecule has 0 unspecified atom stereocenters. The first-order chi connectivity index (χ1) is 11.0. The van der Waals surface area contributed by atoms with Gasteiger partial charge in [0.25, 0.3) is 0 Å². The normalized spacial score (nSPS) is 10.1. The van der Waals surface area contributed by atoms with E-state index in [2.05, 4.69) is 4.74 Å². The van der Waals surface area contributed by atoms with Crippen molar-refractivity contribution < 1.29 is 33.3 Å². The average Bonchev–Trinajstić information content (AvgIpc) is 2.55. The van der Waals surface area contributed by atoms with Gasteiger partial charge in [-0.2, -0.15) is 0 Å². The number of benzene rings is 1. The second kappa shape index (κ2) is 9.56. The van der Waals surface area contributed by atoms with Gasteiger partial charge in [-0.3, -0.25) is 4.79 Å². The molecule has 0 saturated heterocycles. The van der Waals surface area contributed by atoms with E-state index in [0.29, 0.717) is 28.1 Å². The van der Waals surface area contributed by atoms with E-state index in [0.717, 1.165) is 0 Å². The molecule has 1 aromatic rings. The first-order valence-electron chi connectivity index (χ1n) is 6.66. The molecule has 0 amide bonds. The van der Waals surface area contributed by atoms with Gasteiger partial charge in [0, 0.05) is 7.11 Å². The second-order valence-electron chi connectivity index (χ2n) is 4.34. The number of methoxy groups -OCH3 is 4. The fraction of sp³-hybridized carbons (Fsp3) is 0.467. The van der Waals surface area contributed by atoms with Crippen LogP contribution in [0.4, 0.5) is 0 Å². The highest BCUT2D eigenvalue weighted by Crippen LogP contribution is 2.39. The number of hydrogen-bond acceptors (Lipinski definition) is 7. The predicted octanol–water partition coefficient (Wildman–Crippen LogP) is 1.83. The Hall–Kier alpha value is -1.55. The lowest BCUT2D eigenvalue weighted by Gasteiger charge is -2.18. The molecule has 0 heterocycles. The third-order valence-corrected chi connectivity index (χ3v) is 3.76. The van der Waals surface area contributed by atoms with E-state index in [9.17, 15) is 9.59 Å². The molecule has 0 aromatic heterocycles. The van der Waals surface area contributed by atoms with E-state index in [1.54, 1.807) is 13.2 Å². The van der Waals surface area contributed by atoms with E-state index in [1.807, 2.05) is 22.6 Å². The van der Waals surface area contributed by atoms with Gasteiger partial charge < -0.3 is 23.7 Å². The van der Waals surface area contributed by atoms with Crippen molar-refractivity contribution >= 4 is 34.5 Å². The molecular weight excluding hydrogens is 419 g/mol. The molecule has 0 aliphatic heterocycles. The largest absolute Gasteiger partial charge is 0.492 e. The van der Waals surface area contributed by atoms with E-state index < -0.39 is 11.9 Å². The summed E-state index contributed by atoms with van der Waals surface area (Å²) in [6.07, 6.45) is -0.0777. The van der Waals surface area contributed by atoms with Gasteiger partial charge >= 0.3 is 11.9 Å². The van der Waals surface area contributed by atoms with Crippen molar-refractivity contribution in [3.8, 4) is 11.5 Å². The molecule has 0 N–H and O–H groups in total. The monoisotopic (exact) mass is 438 g/mol. The second-order valence-corrected chi connectivity index (χ2v) is 5.50. The lowest BCUT2D eigenvalue weighted by molar-refractivity contribution is -0.139. The van der Waals surface area contributed by atoms with Gasteiger partial charge in [0.1, 0.15) is 12.2 Å². The number of ether oxygens (including phenoxy) is 5. The zero-order valence-electron chi connectivity index (χ0n) is 13.4. The topological polar surface area (TPSA) is 80.3 Å². The summed E-state index contributed by atoms with van der Waals surface area (Å²) in [7, 11) is 5.52. The molecule has 1 aromatic carbocycles. The molecule has 0 aliphatic rings. The van der Waals surface area contributed by atoms with Crippen LogP contribution in [-0.2, 0) is 25.4 Å². The van der Waals surface area contributed by atoms with Crippen molar-refractivity contribution in [2.75, 3.05) is 41.7 Å². The maximum atomic E-state index is 12.1. The molecule has 0 aliphatic carbocycles. The third kappa shape index (κ3) is 4.96. The molecule has 7 nitrogen and oxygen atoms in total. The van der Waals surface area contributed by atoms with Crippen molar-refractivity contribution in [1.82, 2.24) is 0 Å². The van der Waals surface area contributed by atoms with Crippen molar-refractivity contribution in [2.45, 2.75) is 6.42 Å². The molecule has 0 spiro atoms. The number of halogens is 1. The van der Waals surface area contributed by atoms with Crippen LogP contribution in [0, 0.1) is 3.57 Å². The van der Waals surface area contributed by atoms with Gasteiger partial charge in [-0.15, -0.1) is 0 Å². The highest BCUT2D eigenvalue weighted by atomic mass is 127. The Morgan fingerprint density at radius 3 is 2.26 bits per heavy atom. The average molecular weight is 438 g/mol. The number of esters is 2. The summed E-state index contributed by atoms with van der Waals surface area (Å²) in [5, 5.41) is 0. The molecule has 8 heteroatoms. The molecule has 128 valence electrons. The van der Waals surface area contributed by atoms with Crippen molar-refractivity contribution in [3.63, 3.8) is 0 Å². The summed E-state index contributed by atoms with van der Waals surface area (Å²) < 4.78 is 26.1. The Bertz CT molecular complexity index is 571. The summed E-state index contributed by atoms with van der Waals surface area (Å²) in [5.74, 6) is -0.465. The number of hydrogen-bond donors (Lipinski definition) is 0. The van der Waals surface area contributed by atoms with Gasteiger partial charge in [0.2, 0.25) is 0 Å². The van der Waals surface area contributed by atoms with Crippen LogP contribution in [0.5, 0.6) is 11.5 Å². The van der Waals surface area contributed by atoms with Crippen LogP contribution in [-0.4, -0.2) is 53.6 Å². The minimum atomic E-state index is -0.617. The molecule has 0 saturated carbocycles. The van der Waals surface area contributed by atoms with Crippen LogP contribution in [0.25, 0.3) is 0 Å². The number of rotatable bonds is 8. The lowest BCUT2D eigenvalue weighted by Crippen LogP contribution is -2.15. The van der Waals surface area contributed by atoms with Crippen LogP contribution in [0.2, 0.25) is 0 Å². The fourth-order valence-corrected chi connectivity index (χ4v) is 2.68. The predicted molar refractivity (Wildman–Crippen MR) is 90.1 cm³/mol. The maximum Gasteiger partial charge on any atom is 0.342 e. The maximum absolute atomic E-state index is 12.1. The standard InChI is InChI=1S/C15H19IO7/c1-19-5-6-23-13-10(16)7-9(8-11(17)20-2)12(14(13)21-3)15(18)22-4/h7H,5-6,8H2,1-4H3. The third-order valence-electron chi connectivity index (χ3n) is 2.96. The molecule has 0 bridgehead atoms. The van der Waals surface area contributed by atoms with Gasteiger partial charge in [-0.1, -0.05) is 0 Å². The van der Waals surface area contributed by atoms with Gasteiger partial charge in [0.15, 0.2) is 11.5 Å². The molecule has 23 heavy (non-hydrogen) atoms. The van der Waals surface area contributed by atoms with Crippen LogP contribution in [0.3, 0.4) is 0 Å². The summed E-state index contributed by atoms with van der Waals surface area (Å²) in [4.78, 5) is 23.7. The van der Waals surface area contributed by atoms with Crippen LogP contribution >= 0.6 is 22.6 Å². The minimum absolute atomic E-state index is 0.0777. The lowest BCUT2D eigenvalue weighted by atomic mass is 10.0. The van der Waals surface area contributed by atoms with E-state index >= 15 is 0 Å². The number of carbonyl (C=O) groups excluding carboxylic acids is 2. The van der Waals surface area contributed by atoms with E-state index in [1.165, 1.54) is 21.3 Å². The summed E-state index contributed by atoms with van der Waals surface area (Å²) in [5.41, 5.74) is 0.595. The Kier molecular flexibility index (Phi) is 8.10. The summed E-state index contributed by atoms with van der Waals surface area (Å²) in [6, 6.07) is 1.67. The Labute approximate surface area is 148 Å². The zero-order valence-corrected chi connectivity index (χ0v) is 15.6. The molecular formula is C15H19IO7. The van der Waals surface area contributed by atoms with Crippen molar-refractivity contribution in [2.24, 2.45) is 0 Å². The van der Waals surface area contributed by atoms with Crippen LogP contribution < -0.4 is 9.47 Å². The Balaban J connectivity index is 3.39. The van der Waals surface area contributed by atoms with Crippen LogP contribution in [0.1, 0.15) is 15.9 Å². The zero-order chi connectivity index (χ0) is 17.4. The summed E-state index contributed by atoms with van der Waals surface area (Å²) >= 11 is 2.05.